The number of hydrogen-bond donors (Lipinski definition) is 0. The van der Waals surface area contributed by atoms with Crippen LogP contribution in [0.5, 0.6) is 0 Å². The van der Waals surface area contributed by atoms with Crippen molar-refractivity contribution in [2.45, 2.75) is 6.18 Å². The zero-order valence-corrected chi connectivity index (χ0v) is 10.3. The van der Waals surface area contributed by atoms with Gasteiger partial charge in [-0.05, 0) is 6.07 Å². The van der Waals surface area contributed by atoms with Crippen molar-refractivity contribution in [1.82, 2.24) is 19.5 Å². The molecule has 8 heteroatoms. The summed E-state index contributed by atoms with van der Waals surface area (Å²) in [5.74, 6) is -0.782. The summed E-state index contributed by atoms with van der Waals surface area (Å²) in [6.45, 7) is 1.81. The molecule has 0 saturated carbocycles. The fraction of sp³-hybridized carbons (Fsp3) is 0.250. The van der Waals surface area contributed by atoms with Crippen molar-refractivity contribution in [2.75, 3.05) is 13.1 Å². The minimum Gasteiger partial charge on any atom is -0.326 e. The van der Waals surface area contributed by atoms with E-state index >= 15 is 0 Å². The third-order valence-corrected chi connectivity index (χ3v) is 2.52. The molecule has 0 bridgehead atoms. The minimum atomic E-state index is -4.48. The lowest BCUT2D eigenvalue weighted by Crippen LogP contribution is -2.39. The highest BCUT2D eigenvalue weighted by atomic mass is 19.4. The van der Waals surface area contributed by atoms with E-state index < -0.39 is 18.6 Å². The van der Waals surface area contributed by atoms with Gasteiger partial charge in [0.15, 0.2) is 5.65 Å². The molecular formula is C12H11F3N4O. The van der Waals surface area contributed by atoms with E-state index in [2.05, 4.69) is 16.7 Å². The summed E-state index contributed by atoms with van der Waals surface area (Å²) in [5, 5.41) is 3.88. The number of halogens is 3. The molecule has 20 heavy (non-hydrogen) atoms. The Kier molecular flexibility index (Phi) is 3.73. The summed E-state index contributed by atoms with van der Waals surface area (Å²) in [6.07, 6.45) is 0.963. The van der Waals surface area contributed by atoms with Crippen molar-refractivity contribution in [2.24, 2.45) is 0 Å². The highest BCUT2D eigenvalue weighted by Gasteiger charge is 2.33. The second-order valence-electron chi connectivity index (χ2n) is 4.04. The van der Waals surface area contributed by atoms with Crippen LogP contribution in [0.25, 0.3) is 5.65 Å². The Balaban J connectivity index is 2.34. The van der Waals surface area contributed by atoms with E-state index in [1.165, 1.54) is 23.0 Å². The van der Waals surface area contributed by atoms with Crippen molar-refractivity contribution in [1.29, 1.82) is 0 Å². The van der Waals surface area contributed by atoms with E-state index in [1.54, 1.807) is 12.3 Å². The van der Waals surface area contributed by atoms with Crippen LogP contribution in [-0.4, -0.2) is 44.7 Å². The smallest absolute Gasteiger partial charge is 0.326 e. The number of carbonyl (C=O) groups excluding carboxylic acids is 1. The van der Waals surface area contributed by atoms with Crippen molar-refractivity contribution < 1.29 is 18.0 Å². The van der Waals surface area contributed by atoms with Gasteiger partial charge in [0.25, 0.3) is 5.91 Å². The molecule has 2 rings (SSSR count). The van der Waals surface area contributed by atoms with E-state index in [0.717, 1.165) is 0 Å². The van der Waals surface area contributed by atoms with Crippen LogP contribution in [0.15, 0.2) is 37.3 Å². The first-order chi connectivity index (χ1) is 9.42. The lowest BCUT2D eigenvalue weighted by atomic mass is 10.2. The molecule has 0 aliphatic carbocycles. The van der Waals surface area contributed by atoms with Crippen LogP contribution >= 0.6 is 0 Å². The number of rotatable bonds is 4. The topological polar surface area (TPSA) is 50.5 Å². The highest BCUT2D eigenvalue weighted by Crippen LogP contribution is 2.19. The van der Waals surface area contributed by atoms with Gasteiger partial charge in [-0.3, -0.25) is 4.79 Å². The molecule has 0 aromatic carbocycles. The number of aromatic nitrogens is 3. The minimum absolute atomic E-state index is 0.0247. The Hall–Kier alpha value is -2.38. The quantitative estimate of drug-likeness (QED) is 0.806. The third-order valence-electron chi connectivity index (χ3n) is 2.52. The summed E-state index contributed by atoms with van der Waals surface area (Å²) in [5.41, 5.74) is 0.241. The Bertz CT molecular complexity index is 635. The summed E-state index contributed by atoms with van der Waals surface area (Å²) >= 11 is 0. The molecule has 0 saturated heterocycles. The van der Waals surface area contributed by atoms with Gasteiger partial charge in [-0.15, -0.1) is 6.58 Å². The molecule has 2 aromatic rings. The van der Waals surface area contributed by atoms with Crippen LogP contribution in [0.3, 0.4) is 0 Å². The van der Waals surface area contributed by atoms with Crippen molar-refractivity contribution in [3.05, 3.63) is 42.9 Å². The average molecular weight is 284 g/mol. The summed E-state index contributed by atoms with van der Waals surface area (Å²) < 4.78 is 38.8. The van der Waals surface area contributed by atoms with E-state index in [9.17, 15) is 18.0 Å². The van der Waals surface area contributed by atoms with Crippen LogP contribution in [-0.2, 0) is 0 Å². The van der Waals surface area contributed by atoms with Crippen LogP contribution in [0.4, 0.5) is 13.2 Å². The van der Waals surface area contributed by atoms with Gasteiger partial charge in [0.05, 0.1) is 6.20 Å². The van der Waals surface area contributed by atoms with Gasteiger partial charge in [-0.25, -0.2) is 9.50 Å². The van der Waals surface area contributed by atoms with Gasteiger partial charge in [0.1, 0.15) is 12.1 Å². The fourth-order valence-electron chi connectivity index (χ4n) is 1.74. The number of amides is 1. The summed E-state index contributed by atoms with van der Waals surface area (Å²) in [4.78, 5) is 16.8. The first-order valence-electron chi connectivity index (χ1n) is 5.67. The number of fused-ring (bicyclic) bond motifs is 1. The van der Waals surface area contributed by atoms with E-state index in [1.807, 2.05) is 0 Å². The normalized spacial score (nSPS) is 11.6. The molecule has 2 heterocycles. The van der Waals surface area contributed by atoms with Crippen LogP contribution in [0.1, 0.15) is 10.4 Å². The maximum absolute atomic E-state index is 12.5. The number of alkyl halides is 3. The fourth-order valence-corrected chi connectivity index (χ4v) is 1.74. The first-order valence-corrected chi connectivity index (χ1v) is 5.67. The third kappa shape index (κ3) is 2.95. The van der Waals surface area contributed by atoms with Crippen molar-refractivity contribution >= 4 is 11.6 Å². The average Bonchev–Trinajstić information content (AvgIpc) is 2.79. The zero-order chi connectivity index (χ0) is 14.8. The molecule has 0 atom stereocenters. The maximum atomic E-state index is 12.5. The lowest BCUT2D eigenvalue weighted by Gasteiger charge is -2.21. The highest BCUT2D eigenvalue weighted by molar-refractivity contribution is 5.99. The molecule has 0 aliphatic rings. The molecular weight excluding hydrogens is 273 g/mol. The predicted molar refractivity (Wildman–Crippen MR) is 65.1 cm³/mol. The molecule has 0 aliphatic heterocycles. The Morgan fingerprint density at radius 3 is 2.90 bits per heavy atom. The first kappa shape index (κ1) is 14.0. The molecule has 0 unspecified atom stereocenters. The molecule has 0 N–H and O–H groups in total. The van der Waals surface area contributed by atoms with Crippen LogP contribution in [0.2, 0.25) is 0 Å². The van der Waals surface area contributed by atoms with Crippen molar-refractivity contribution in [3.8, 4) is 0 Å². The molecule has 5 nitrogen and oxygen atoms in total. The van der Waals surface area contributed by atoms with Gasteiger partial charge in [-0.1, -0.05) is 6.08 Å². The van der Waals surface area contributed by atoms with Gasteiger partial charge in [0.2, 0.25) is 0 Å². The maximum Gasteiger partial charge on any atom is 0.406 e. The van der Waals surface area contributed by atoms with Gasteiger partial charge in [-0.2, -0.15) is 18.3 Å². The lowest BCUT2D eigenvalue weighted by molar-refractivity contribution is -0.139. The van der Waals surface area contributed by atoms with E-state index in [-0.39, 0.29) is 17.8 Å². The monoisotopic (exact) mass is 284 g/mol. The number of hydrogen-bond acceptors (Lipinski definition) is 3. The second-order valence-corrected chi connectivity index (χ2v) is 4.04. The number of nitrogens with zero attached hydrogens (tertiary/aromatic N) is 4. The predicted octanol–water partition coefficient (Wildman–Crippen LogP) is 1.92. The summed E-state index contributed by atoms with van der Waals surface area (Å²) in [7, 11) is 0. The summed E-state index contributed by atoms with van der Waals surface area (Å²) in [6, 6.07) is 1.60. The van der Waals surface area contributed by atoms with Gasteiger partial charge in [0, 0.05) is 18.9 Å². The van der Waals surface area contributed by atoms with Crippen molar-refractivity contribution in [3.63, 3.8) is 0 Å². The Labute approximate surface area is 112 Å². The second kappa shape index (κ2) is 5.32. The van der Waals surface area contributed by atoms with Crippen LogP contribution in [0, 0.1) is 0 Å². The molecule has 106 valence electrons. The molecule has 1 amide bonds. The largest absolute Gasteiger partial charge is 0.406 e. The Morgan fingerprint density at radius 1 is 1.50 bits per heavy atom. The molecule has 0 spiro atoms. The Morgan fingerprint density at radius 2 is 2.25 bits per heavy atom. The molecule has 0 fully saturated rings. The number of carbonyl (C=O) groups is 1. The van der Waals surface area contributed by atoms with E-state index in [4.69, 9.17) is 0 Å². The standard InChI is InChI=1S/C12H11F3N4O/c1-2-5-18(8-12(13,14)15)11(20)9-7-17-19-6-3-4-16-10(9)19/h2-4,6-7H,1,5,8H2. The van der Waals surface area contributed by atoms with Crippen LogP contribution < -0.4 is 0 Å². The van der Waals surface area contributed by atoms with E-state index in [0.29, 0.717) is 4.90 Å². The zero-order valence-electron chi connectivity index (χ0n) is 10.3. The SMILES string of the molecule is C=CCN(CC(F)(F)F)C(=O)c1cnn2cccnc12. The van der Waals surface area contributed by atoms with Gasteiger partial charge >= 0.3 is 6.18 Å². The molecule has 0 radical (unpaired) electrons. The molecule has 2 aromatic heterocycles. The van der Waals surface area contributed by atoms with Gasteiger partial charge < -0.3 is 4.90 Å².